The topological polar surface area (TPSA) is 49.8 Å². The van der Waals surface area contributed by atoms with Crippen molar-refractivity contribution >= 4 is 5.97 Å². The van der Waals surface area contributed by atoms with E-state index in [4.69, 9.17) is 0 Å². The van der Waals surface area contributed by atoms with Crippen molar-refractivity contribution < 1.29 is 14.6 Å². The highest BCUT2D eigenvalue weighted by Gasteiger charge is 2.15. The summed E-state index contributed by atoms with van der Waals surface area (Å²) in [5, 5.41) is 9.45. The average molecular weight is 189 g/mol. The first-order valence-corrected chi connectivity index (χ1v) is 4.33. The second kappa shape index (κ2) is 5.19. The summed E-state index contributed by atoms with van der Waals surface area (Å²) in [6.45, 7) is 4.63. The summed E-state index contributed by atoms with van der Waals surface area (Å²) >= 11 is 0. The van der Waals surface area contributed by atoms with E-state index in [1.165, 1.54) is 7.11 Å². The summed E-state index contributed by atoms with van der Waals surface area (Å²) in [5.41, 5.74) is -0.717. The Morgan fingerprint density at radius 2 is 2.08 bits per heavy atom. The lowest BCUT2D eigenvalue weighted by Gasteiger charge is -2.24. The van der Waals surface area contributed by atoms with Crippen molar-refractivity contribution in [3.05, 3.63) is 0 Å². The van der Waals surface area contributed by atoms with Crippen LogP contribution in [0.25, 0.3) is 0 Å². The molecule has 0 aliphatic heterocycles. The lowest BCUT2D eigenvalue weighted by molar-refractivity contribution is -0.141. The van der Waals surface area contributed by atoms with Crippen molar-refractivity contribution in [3.63, 3.8) is 0 Å². The number of hydrogen-bond acceptors (Lipinski definition) is 4. The molecule has 0 aliphatic carbocycles. The largest absolute Gasteiger partial charge is 0.469 e. The molecule has 4 nitrogen and oxygen atoms in total. The number of rotatable bonds is 5. The van der Waals surface area contributed by atoms with Crippen LogP contribution in [0.15, 0.2) is 0 Å². The first-order valence-electron chi connectivity index (χ1n) is 4.33. The number of carbonyl (C=O) groups excluding carboxylic acids is 1. The Morgan fingerprint density at radius 1 is 1.54 bits per heavy atom. The zero-order chi connectivity index (χ0) is 10.5. The van der Waals surface area contributed by atoms with Gasteiger partial charge >= 0.3 is 5.97 Å². The van der Waals surface area contributed by atoms with Crippen molar-refractivity contribution in [1.29, 1.82) is 0 Å². The minimum absolute atomic E-state index is 0.220. The Bertz CT molecular complexity index is 163. The van der Waals surface area contributed by atoms with Crippen LogP contribution in [0.3, 0.4) is 0 Å². The van der Waals surface area contributed by atoms with Gasteiger partial charge in [-0.05, 0) is 20.9 Å². The second-order valence-corrected chi connectivity index (χ2v) is 3.88. The van der Waals surface area contributed by atoms with E-state index in [0.29, 0.717) is 19.5 Å². The molecule has 0 rings (SSSR count). The van der Waals surface area contributed by atoms with Crippen LogP contribution in [-0.2, 0) is 9.53 Å². The molecule has 0 saturated carbocycles. The Morgan fingerprint density at radius 3 is 2.46 bits per heavy atom. The molecule has 0 aromatic carbocycles. The first-order chi connectivity index (χ1) is 5.85. The second-order valence-electron chi connectivity index (χ2n) is 3.88. The van der Waals surface area contributed by atoms with E-state index in [1.54, 1.807) is 13.8 Å². The maximum Gasteiger partial charge on any atom is 0.306 e. The van der Waals surface area contributed by atoms with Gasteiger partial charge in [-0.1, -0.05) is 0 Å². The lowest BCUT2D eigenvalue weighted by Crippen LogP contribution is -2.37. The SMILES string of the molecule is COC(=O)CCN(C)CC(C)(C)O. The molecule has 13 heavy (non-hydrogen) atoms. The standard InChI is InChI=1S/C9H19NO3/c1-9(2,12)7-10(3)6-5-8(11)13-4/h12H,5-7H2,1-4H3. The van der Waals surface area contributed by atoms with Crippen molar-refractivity contribution in [2.45, 2.75) is 25.9 Å². The molecule has 4 heteroatoms. The van der Waals surface area contributed by atoms with E-state index in [1.807, 2.05) is 11.9 Å². The van der Waals surface area contributed by atoms with Gasteiger partial charge in [0.05, 0.1) is 19.1 Å². The van der Waals surface area contributed by atoms with Crippen molar-refractivity contribution in [1.82, 2.24) is 4.90 Å². The fraction of sp³-hybridized carbons (Fsp3) is 0.889. The van der Waals surface area contributed by atoms with Gasteiger partial charge in [0.2, 0.25) is 0 Å². The van der Waals surface area contributed by atoms with Crippen LogP contribution in [0.2, 0.25) is 0 Å². The first kappa shape index (κ1) is 12.4. The van der Waals surface area contributed by atoms with Gasteiger partial charge < -0.3 is 14.7 Å². The summed E-state index contributed by atoms with van der Waals surface area (Å²) in [6.07, 6.45) is 0.364. The van der Waals surface area contributed by atoms with E-state index in [-0.39, 0.29) is 5.97 Å². The van der Waals surface area contributed by atoms with Crippen LogP contribution in [-0.4, -0.2) is 48.8 Å². The molecule has 78 valence electrons. The predicted octanol–water partition coefficient (Wildman–Crippen LogP) is 0.252. The van der Waals surface area contributed by atoms with Crippen LogP contribution in [0, 0.1) is 0 Å². The third-order valence-corrected chi connectivity index (χ3v) is 1.58. The highest BCUT2D eigenvalue weighted by atomic mass is 16.5. The predicted molar refractivity (Wildman–Crippen MR) is 50.4 cm³/mol. The van der Waals surface area contributed by atoms with Crippen LogP contribution in [0.5, 0.6) is 0 Å². The number of likely N-dealkylation sites (N-methyl/N-ethyl adjacent to an activating group) is 1. The molecule has 1 N–H and O–H groups in total. The Labute approximate surface area is 79.5 Å². The van der Waals surface area contributed by atoms with E-state index >= 15 is 0 Å². The molecular formula is C9H19NO3. The third kappa shape index (κ3) is 7.74. The quantitative estimate of drug-likeness (QED) is 0.630. The molecule has 0 saturated heterocycles. The van der Waals surface area contributed by atoms with Gasteiger partial charge in [-0.25, -0.2) is 0 Å². The highest BCUT2D eigenvalue weighted by Crippen LogP contribution is 2.03. The average Bonchev–Trinajstić information content (AvgIpc) is 1.97. The van der Waals surface area contributed by atoms with E-state index < -0.39 is 5.60 Å². The maximum atomic E-state index is 10.8. The highest BCUT2D eigenvalue weighted by molar-refractivity contribution is 5.69. The number of esters is 1. The van der Waals surface area contributed by atoms with Gasteiger partial charge in [0.15, 0.2) is 0 Å². The molecule has 0 aliphatic rings. The normalized spacial score (nSPS) is 11.8. The van der Waals surface area contributed by atoms with E-state index in [2.05, 4.69) is 4.74 Å². The van der Waals surface area contributed by atoms with Gasteiger partial charge in [0.1, 0.15) is 0 Å². The van der Waals surface area contributed by atoms with Crippen molar-refractivity contribution in [2.24, 2.45) is 0 Å². The molecule has 0 aromatic rings. The number of hydrogen-bond donors (Lipinski definition) is 1. The molecule has 0 spiro atoms. The van der Waals surface area contributed by atoms with Crippen LogP contribution >= 0.6 is 0 Å². The number of aliphatic hydroxyl groups is 1. The van der Waals surface area contributed by atoms with E-state index in [0.717, 1.165) is 0 Å². The van der Waals surface area contributed by atoms with E-state index in [9.17, 15) is 9.90 Å². The molecular weight excluding hydrogens is 170 g/mol. The van der Waals surface area contributed by atoms with Crippen molar-refractivity contribution in [3.8, 4) is 0 Å². The molecule has 0 unspecified atom stereocenters. The Hall–Kier alpha value is -0.610. The number of carbonyl (C=O) groups is 1. The molecule has 0 bridgehead atoms. The Kier molecular flexibility index (Phi) is 4.95. The fourth-order valence-electron chi connectivity index (χ4n) is 1.12. The monoisotopic (exact) mass is 189 g/mol. The molecule has 0 aromatic heterocycles. The molecule has 0 atom stereocenters. The minimum Gasteiger partial charge on any atom is -0.469 e. The summed E-state index contributed by atoms with van der Waals surface area (Å²) in [4.78, 5) is 12.7. The molecule has 0 amide bonds. The zero-order valence-electron chi connectivity index (χ0n) is 8.83. The smallest absolute Gasteiger partial charge is 0.306 e. The minimum atomic E-state index is -0.717. The number of methoxy groups -OCH3 is 1. The Balaban J connectivity index is 3.63. The van der Waals surface area contributed by atoms with Gasteiger partial charge in [-0.3, -0.25) is 4.79 Å². The van der Waals surface area contributed by atoms with Gasteiger partial charge in [-0.15, -0.1) is 0 Å². The van der Waals surface area contributed by atoms with Gasteiger partial charge in [-0.2, -0.15) is 0 Å². The van der Waals surface area contributed by atoms with Crippen molar-refractivity contribution in [2.75, 3.05) is 27.2 Å². The number of ether oxygens (including phenoxy) is 1. The summed E-state index contributed by atoms with van der Waals surface area (Å²) in [5.74, 6) is -0.220. The maximum absolute atomic E-state index is 10.8. The zero-order valence-corrected chi connectivity index (χ0v) is 8.83. The van der Waals surface area contributed by atoms with Gasteiger partial charge in [0.25, 0.3) is 0 Å². The fourth-order valence-corrected chi connectivity index (χ4v) is 1.12. The summed E-state index contributed by atoms with van der Waals surface area (Å²) in [6, 6.07) is 0. The van der Waals surface area contributed by atoms with Crippen LogP contribution in [0.1, 0.15) is 20.3 Å². The van der Waals surface area contributed by atoms with Crippen LogP contribution in [0.4, 0.5) is 0 Å². The molecule has 0 heterocycles. The van der Waals surface area contributed by atoms with Gasteiger partial charge in [0, 0.05) is 13.1 Å². The number of nitrogens with zero attached hydrogens (tertiary/aromatic N) is 1. The summed E-state index contributed by atoms with van der Waals surface area (Å²) < 4.78 is 4.50. The van der Waals surface area contributed by atoms with Crippen LogP contribution < -0.4 is 0 Å². The lowest BCUT2D eigenvalue weighted by atomic mass is 10.1. The summed E-state index contributed by atoms with van der Waals surface area (Å²) in [7, 11) is 3.24. The molecule has 0 fully saturated rings. The third-order valence-electron chi connectivity index (χ3n) is 1.58. The molecule has 0 radical (unpaired) electrons.